The molecule has 2 saturated carbocycles. The van der Waals surface area contributed by atoms with Crippen molar-refractivity contribution in [3.8, 4) is 0 Å². The monoisotopic (exact) mass is 305 g/mol. The van der Waals surface area contributed by atoms with Crippen molar-refractivity contribution in [3.05, 3.63) is 34.9 Å². The van der Waals surface area contributed by atoms with Crippen LogP contribution >= 0.6 is 11.6 Å². The van der Waals surface area contributed by atoms with E-state index >= 15 is 0 Å². The second-order valence-electron chi connectivity index (χ2n) is 7.15. The molecule has 2 fully saturated rings. The fourth-order valence-corrected chi connectivity index (χ4v) is 4.65. The zero-order valence-electron chi connectivity index (χ0n) is 13.2. The average molecular weight is 306 g/mol. The number of fused-ring (bicyclic) bond motifs is 2. The van der Waals surface area contributed by atoms with Crippen LogP contribution in [0.5, 0.6) is 0 Å². The second kappa shape index (κ2) is 7.15. The van der Waals surface area contributed by atoms with Crippen LogP contribution in [0.1, 0.15) is 51.0 Å². The third kappa shape index (κ3) is 4.02. The van der Waals surface area contributed by atoms with Gasteiger partial charge in [-0.3, -0.25) is 0 Å². The molecule has 2 bridgehead atoms. The zero-order valence-corrected chi connectivity index (χ0v) is 13.9. The second-order valence-corrected chi connectivity index (χ2v) is 7.59. The molecule has 0 amide bonds. The summed E-state index contributed by atoms with van der Waals surface area (Å²) in [6, 6.07) is 9.04. The van der Waals surface area contributed by atoms with Crippen molar-refractivity contribution in [2.45, 2.75) is 57.9 Å². The van der Waals surface area contributed by atoms with E-state index in [1.54, 1.807) is 0 Å². The molecule has 1 aromatic carbocycles. The molecule has 2 aliphatic carbocycles. The smallest absolute Gasteiger partial charge is 0.0406 e. The Morgan fingerprint density at radius 1 is 1.19 bits per heavy atom. The van der Waals surface area contributed by atoms with Gasteiger partial charge in [0.2, 0.25) is 0 Å². The van der Waals surface area contributed by atoms with E-state index in [-0.39, 0.29) is 0 Å². The molecule has 4 atom stereocenters. The van der Waals surface area contributed by atoms with Crippen LogP contribution in [0.3, 0.4) is 0 Å². The Kier molecular flexibility index (Phi) is 5.24. The maximum Gasteiger partial charge on any atom is 0.0406 e. The first-order chi connectivity index (χ1) is 10.2. The van der Waals surface area contributed by atoms with E-state index in [9.17, 15) is 0 Å². The van der Waals surface area contributed by atoms with Gasteiger partial charge in [0.1, 0.15) is 0 Å². The highest BCUT2D eigenvalue weighted by Crippen LogP contribution is 2.50. The molecule has 3 rings (SSSR count). The first-order valence-electron chi connectivity index (χ1n) is 8.72. The largest absolute Gasteiger partial charge is 0.314 e. The van der Waals surface area contributed by atoms with Crippen molar-refractivity contribution in [1.29, 1.82) is 0 Å². The Morgan fingerprint density at radius 3 is 2.62 bits per heavy atom. The highest BCUT2D eigenvalue weighted by Gasteiger charge is 2.39. The summed E-state index contributed by atoms with van der Waals surface area (Å²) < 4.78 is 0. The van der Waals surface area contributed by atoms with Gasteiger partial charge in [0.05, 0.1) is 0 Å². The minimum atomic E-state index is 0.635. The summed E-state index contributed by atoms with van der Waals surface area (Å²) in [6.45, 7) is 3.39. The number of nitrogens with one attached hydrogen (secondary N) is 1. The van der Waals surface area contributed by atoms with Crippen LogP contribution in [0.4, 0.5) is 0 Å². The van der Waals surface area contributed by atoms with Crippen molar-refractivity contribution in [2.24, 2.45) is 17.8 Å². The molecule has 116 valence electrons. The first-order valence-corrected chi connectivity index (χ1v) is 9.10. The van der Waals surface area contributed by atoms with Gasteiger partial charge in [-0.2, -0.15) is 0 Å². The van der Waals surface area contributed by atoms with Gasteiger partial charge in [-0.25, -0.2) is 0 Å². The third-order valence-electron chi connectivity index (χ3n) is 5.55. The van der Waals surface area contributed by atoms with Gasteiger partial charge in [-0.15, -0.1) is 0 Å². The topological polar surface area (TPSA) is 12.0 Å². The summed E-state index contributed by atoms with van der Waals surface area (Å²) in [5.74, 6) is 3.07. The molecule has 1 nitrogen and oxygen atoms in total. The molecule has 4 unspecified atom stereocenters. The molecule has 1 aromatic rings. The highest BCUT2D eigenvalue weighted by molar-refractivity contribution is 6.30. The Hall–Kier alpha value is -0.530. The normalized spacial score (nSPS) is 29.0. The third-order valence-corrected chi connectivity index (χ3v) is 5.80. The van der Waals surface area contributed by atoms with Crippen LogP contribution in [-0.2, 0) is 6.42 Å². The fraction of sp³-hybridized carbons (Fsp3) is 0.684. The van der Waals surface area contributed by atoms with E-state index in [1.807, 2.05) is 12.1 Å². The molecule has 0 saturated heterocycles. The fourth-order valence-electron chi connectivity index (χ4n) is 4.52. The average Bonchev–Trinajstić information content (AvgIpc) is 3.09. The van der Waals surface area contributed by atoms with Crippen molar-refractivity contribution in [1.82, 2.24) is 5.32 Å². The molecule has 0 radical (unpaired) electrons. The van der Waals surface area contributed by atoms with Gasteiger partial charge >= 0.3 is 0 Å². The molecular weight excluding hydrogens is 278 g/mol. The Morgan fingerprint density at radius 2 is 2.00 bits per heavy atom. The lowest BCUT2D eigenvalue weighted by molar-refractivity contribution is 0.276. The predicted octanol–water partition coefficient (Wildman–Crippen LogP) is 5.08. The quantitative estimate of drug-likeness (QED) is 0.741. The van der Waals surface area contributed by atoms with Crippen molar-refractivity contribution < 1.29 is 0 Å². The Bertz CT molecular complexity index is 441. The van der Waals surface area contributed by atoms with Gasteiger partial charge in [-0.1, -0.05) is 37.1 Å². The molecule has 1 N–H and O–H groups in total. The van der Waals surface area contributed by atoms with Crippen LogP contribution in [0.15, 0.2) is 24.3 Å². The Labute approximate surface area is 134 Å². The Balaban J connectivity index is 1.59. The molecule has 0 aliphatic heterocycles. The minimum Gasteiger partial charge on any atom is -0.314 e. The van der Waals surface area contributed by atoms with Gasteiger partial charge in [-0.05, 0) is 80.5 Å². The summed E-state index contributed by atoms with van der Waals surface area (Å²) in [6.07, 6.45) is 9.74. The van der Waals surface area contributed by atoms with E-state index in [0.29, 0.717) is 6.04 Å². The summed E-state index contributed by atoms with van der Waals surface area (Å²) in [5.41, 5.74) is 1.41. The zero-order chi connectivity index (χ0) is 14.7. The predicted molar refractivity (Wildman–Crippen MR) is 90.8 cm³/mol. The van der Waals surface area contributed by atoms with Crippen molar-refractivity contribution >= 4 is 11.6 Å². The number of hydrogen-bond donors (Lipinski definition) is 1. The SMILES string of the molecule is CCCNC(Cc1ccc(Cl)cc1)CC1CC2CCC1C2. The number of benzene rings is 1. The van der Waals surface area contributed by atoms with Crippen molar-refractivity contribution in [3.63, 3.8) is 0 Å². The number of halogens is 1. The maximum absolute atomic E-state index is 6.00. The van der Waals surface area contributed by atoms with Gasteiger partial charge in [0.15, 0.2) is 0 Å². The van der Waals surface area contributed by atoms with Crippen molar-refractivity contribution in [2.75, 3.05) is 6.54 Å². The van der Waals surface area contributed by atoms with Crippen LogP contribution in [0.25, 0.3) is 0 Å². The number of rotatable bonds is 7. The molecule has 0 heterocycles. The minimum absolute atomic E-state index is 0.635. The number of hydrogen-bond acceptors (Lipinski definition) is 1. The summed E-state index contributed by atoms with van der Waals surface area (Å²) in [7, 11) is 0. The lowest BCUT2D eigenvalue weighted by atomic mass is 9.83. The first kappa shape index (κ1) is 15.4. The van der Waals surface area contributed by atoms with E-state index in [4.69, 9.17) is 11.6 Å². The summed E-state index contributed by atoms with van der Waals surface area (Å²) in [4.78, 5) is 0. The van der Waals surface area contributed by atoms with Crippen LogP contribution in [0, 0.1) is 17.8 Å². The molecule has 21 heavy (non-hydrogen) atoms. The van der Waals surface area contributed by atoms with Gasteiger partial charge in [0, 0.05) is 11.1 Å². The summed E-state index contributed by atoms with van der Waals surface area (Å²) >= 11 is 6.00. The molecule has 2 heteroatoms. The molecular formula is C19H28ClN. The van der Waals surface area contributed by atoms with Crippen LogP contribution < -0.4 is 5.32 Å². The standard InChI is InChI=1S/C19H28ClN/c1-2-9-21-19(12-14-4-7-18(20)8-5-14)13-17-11-15-3-6-16(17)10-15/h4-5,7-8,15-17,19,21H,2-3,6,9-13H2,1H3. The lowest BCUT2D eigenvalue weighted by Crippen LogP contribution is -2.34. The molecule has 0 spiro atoms. The lowest BCUT2D eigenvalue weighted by Gasteiger charge is -2.27. The molecule has 2 aliphatic rings. The summed E-state index contributed by atoms with van der Waals surface area (Å²) in [5, 5.41) is 4.62. The van der Waals surface area contributed by atoms with E-state index in [0.717, 1.165) is 35.7 Å². The van der Waals surface area contributed by atoms with E-state index in [1.165, 1.54) is 44.1 Å². The van der Waals surface area contributed by atoms with E-state index < -0.39 is 0 Å². The molecule has 0 aromatic heterocycles. The maximum atomic E-state index is 6.00. The van der Waals surface area contributed by atoms with E-state index in [2.05, 4.69) is 24.4 Å². The highest BCUT2D eigenvalue weighted by atomic mass is 35.5. The van der Waals surface area contributed by atoms with Gasteiger partial charge < -0.3 is 5.32 Å². The van der Waals surface area contributed by atoms with Crippen LogP contribution in [0.2, 0.25) is 5.02 Å². The van der Waals surface area contributed by atoms with Crippen LogP contribution in [-0.4, -0.2) is 12.6 Å². The van der Waals surface area contributed by atoms with Gasteiger partial charge in [0.25, 0.3) is 0 Å².